The van der Waals surface area contributed by atoms with Gasteiger partial charge in [-0.05, 0) is 37.1 Å². The van der Waals surface area contributed by atoms with Crippen molar-refractivity contribution in [2.45, 2.75) is 39.3 Å². The minimum absolute atomic E-state index is 0.0440. The Morgan fingerprint density at radius 3 is 2.78 bits per heavy atom. The number of halogens is 1. The number of nitrogens with zero attached hydrogens (tertiary/aromatic N) is 4. The molecule has 0 spiro atoms. The number of amides is 2. The Bertz CT molecular complexity index is 1210. The lowest BCUT2D eigenvalue weighted by atomic mass is 9.97. The van der Waals surface area contributed by atoms with Crippen LogP contribution >= 0.6 is 11.6 Å². The molecule has 1 aliphatic heterocycles. The number of aromatic nitrogens is 3. The second kappa shape index (κ2) is 8.74. The molecule has 8 heteroatoms. The molecule has 1 saturated heterocycles. The summed E-state index contributed by atoms with van der Waals surface area (Å²) < 4.78 is 2.00. The van der Waals surface area contributed by atoms with Crippen LogP contribution in [0.2, 0.25) is 5.02 Å². The first-order valence-electron chi connectivity index (χ1n) is 10.6. The van der Waals surface area contributed by atoms with Gasteiger partial charge in [0.15, 0.2) is 0 Å². The SMILES string of the molecule is C=CC(=O)N1CC(NC(=O)Cn2c(C)c(-c3cncnc3C(C)C)c3cc(Cl)ccc32)C1. The minimum Gasteiger partial charge on any atom is -0.348 e. The third kappa shape index (κ3) is 4.00. The van der Waals surface area contributed by atoms with Gasteiger partial charge in [-0.25, -0.2) is 9.97 Å². The summed E-state index contributed by atoms with van der Waals surface area (Å²) in [6, 6.07) is 5.65. The zero-order valence-corrected chi connectivity index (χ0v) is 19.2. The van der Waals surface area contributed by atoms with Crippen LogP contribution in [0.15, 0.2) is 43.4 Å². The summed E-state index contributed by atoms with van der Waals surface area (Å²) in [6.45, 7) is 10.9. The Labute approximate surface area is 192 Å². The number of hydrogen-bond donors (Lipinski definition) is 1. The first-order valence-corrected chi connectivity index (χ1v) is 11.0. The smallest absolute Gasteiger partial charge is 0.246 e. The first-order chi connectivity index (χ1) is 15.3. The number of carbonyl (C=O) groups is 2. The number of fused-ring (bicyclic) bond motifs is 1. The standard InChI is InChI=1S/C24H26ClN5O2/c1-5-22(32)29-10-17(11-29)28-21(31)12-30-15(4)23(18-8-16(25)6-7-20(18)30)19-9-26-13-27-24(19)14(2)3/h5-9,13-14,17H,1,10-12H2,2-4H3,(H,28,31). The topological polar surface area (TPSA) is 80.1 Å². The van der Waals surface area contributed by atoms with Crippen LogP contribution in [0.5, 0.6) is 0 Å². The largest absolute Gasteiger partial charge is 0.348 e. The molecule has 1 N–H and O–H groups in total. The molecule has 0 saturated carbocycles. The van der Waals surface area contributed by atoms with E-state index in [4.69, 9.17) is 11.6 Å². The molecule has 0 bridgehead atoms. The molecular formula is C24H26ClN5O2. The van der Waals surface area contributed by atoms with E-state index < -0.39 is 0 Å². The van der Waals surface area contributed by atoms with Crippen LogP contribution in [-0.4, -0.2) is 50.4 Å². The summed E-state index contributed by atoms with van der Waals surface area (Å²) in [7, 11) is 0. The maximum Gasteiger partial charge on any atom is 0.246 e. The molecule has 0 radical (unpaired) electrons. The fourth-order valence-electron chi connectivity index (χ4n) is 4.29. The Morgan fingerprint density at radius 1 is 1.34 bits per heavy atom. The van der Waals surface area contributed by atoms with E-state index in [1.54, 1.807) is 11.2 Å². The molecule has 0 aliphatic carbocycles. The molecular weight excluding hydrogens is 426 g/mol. The van der Waals surface area contributed by atoms with E-state index in [-0.39, 0.29) is 30.3 Å². The molecule has 2 amide bonds. The third-order valence-electron chi connectivity index (χ3n) is 5.88. The summed E-state index contributed by atoms with van der Waals surface area (Å²) in [5, 5.41) is 4.61. The van der Waals surface area contributed by atoms with Crippen molar-refractivity contribution in [3.8, 4) is 11.1 Å². The highest BCUT2D eigenvalue weighted by Crippen LogP contribution is 2.38. The van der Waals surface area contributed by atoms with Gasteiger partial charge in [-0.1, -0.05) is 32.0 Å². The van der Waals surface area contributed by atoms with Crippen LogP contribution in [0.4, 0.5) is 0 Å². The van der Waals surface area contributed by atoms with E-state index in [0.29, 0.717) is 18.1 Å². The molecule has 32 heavy (non-hydrogen) atoms. The molecule has 2 aromatic heterocycles. The predicted molar refractivity (Wildman–Crippen MR) is 126 cm³/mol. The third-order valence-corrected chi connectivity index (χ3v) is 6.11. The zero-order chi connectivity index (χ0) is 23.0. The number of nitrogens with one attached hydrogen (secondary N) is 1. The molecule has 0 atom stereocenters. The number of benzene rings is 1. The molecule has 3 heterocycles. The van der Waals surface area contributed by atoms with E-state index in [0.717, 1.165) is 33.4 Å². The summed E-state index contributed by atoms with van der Waals surface area (Å²) in [5.74, 6) is -0.000905. The lowest BCUT2D eigenvalue weighted by Gasteiger charge is -2.38. The highest BCUT2D eigenvalue weighted by Gasteiger charge is 2.30. The van der Waals surface area contributed by atoms with Crippen molar-refractivity contribution in [1.82, 2.24) is 24.8 Å². The van der Waals surface area contributed by atoms with Gasteiger partial charge in [0.1, 0.15) is 12.9 Å². The van der Waals surface area contributed by atoms with E-state index in [1.165, 1.54) is 6.08 Å². The van der Waals surface area contributed by atoms with Gasteiger partial charge in [-0.15, -0.1) is 0 Å². The van der Waals surface area contributed by atoms with E-state index >= 15 is 0 Å². The number of rotatable bonds is 6. The normalized spacial score (nSPS) is 14.0. The second-order valence-electron chi connectivity index (χ2n) is 8.40. The van der Waals surface area contributed by atoms with Gasteiger partial charge in [-0.2, -0.15) is 0 Å². The van der Waals surface area contributed by atoms with Crippen molar-refractivity contribution < 1.29 is 9.59 Å². The molecule has 3 aromatic rings. The Hall–Kier alpha value is -3.19. The lowest BCUT2D eigenvalue weighted by molar-refractivity contribution is -0.133. The molecule has 1 aliphatic rings. The maximum atomic E-state index is 12.8. The van der Waals surface area contributed by atoms with Crippen molar-refractivity contribution >= 4 is 34.3 Å². The highest BCUT2D eigenvalue weighted by atomic mass is 35.5. The molecule has 1 fully saturated rings. The van der Waals surface area contributed by atoms with Crippen molar-refractivity contribution in [1.29, 1.82) is 0 Å². The Morgan fingerprint density at radius 2 is 2.09 bits per heavy atom. The fraction of sp³-hybridized carbons (Fsp3) is 0.333. The summed E-state index contributed by atoms with van der Waals surface area (Å²) in [4.78, 5) is 34.9. The predicted octanol–water partition coefficient (Wildman–Crippen LogP) is 3.70. The average Bonchev–Trinajstić information content (AvgIpc) is 3.00. The second-order valence-corrected chi connectivity index (χ2v) is 8.83. The van der Waals surface area contributed by atoms with Crippen LogP contribution in [0.1, 0.15) is 31.2 Å². The Kier molecular flexibility index (Phi) is 6.02. The van der Waals surface area contributed by atoms with Crippen LogP contribution in [0.3, 0.4) is 0 Å². The van der Waals surface area contributed by atoms with Gasteiger partial charge in [0.25, 0.3) is 0 Å². The van der Waals surface area contributed by atoms with E-state index in [1.807, 2.05) is 35.9 Å². The van der Waals surface area contributed by atoms with E-state index in [9.17, 15) is 9.59 Å². The molecule has 0 unspecified atom stereocenters. The lowest BCUT2D eigenvalue weighted by Crippen LogP contribution is -2.61. The number of carbonyl (C=O) groups excluding carboxylic acids is 2. The van der Waals surface area contributed by atoms with Crippen LogP contribution in [-0.2, 0) is 16.1 Å². The molecule has 7 nitrogen and oxygen atoms in total. The zero-order valence-electron chi connectivity index (χ0n) is 18.4. The monoisotopic (exact) mass is 451 g/mol. The van der Waals surface area contributed by atoms with Crippen molar-refractivity contribution in [3.63, 3.8) is 0 Å². The highest BCUT2D eigenvalue weighted by molar-refractivity contribution is 6.31. The Balaban J connectivity index is 1.67. The van der Waals surface area contributed by atoms with Gasteiger partial charge in [0, 0.05) is 52.0 Å². The van der Waals surface area contributed by atoms with Crippen LogP contribution in [0.25, 0.3) is 22.0 Å². The van der Waals surface area contributed by atoms with Gasteiger partial charge >= 0.3 is 0 Å². The van der Waals surface area contributed by atoms with Gasteiger partial charge in [0.2, 0.25) is 11.8 Å². The minimum atomic E-state index is -0.115. The van der Waals surface area contributed by atoms with Gasteiger partial charge in [0.05, 0.1) is 11.7 Å². The van der Waals surface area contributed by atoms with E-state index in [2.05, 4.69) is 35.7 Å². The van der Waals surface area contributed by atoms with Gasteiger partial charge < -0.3 is 14.8 Å². The van der Waals surface area contributed by atoms with Gasteiger partial charge in [-0.3, -0.25) is 9.59 Å². The molecule has 1 aromatic carbocycles. The summed E-state index contributed by atoms with van der Waals surface area (Å²) >= 11 is 6.34. The molecule has 166 valence electrons. The van der Waals surface area contributed by atoms with Crippen molar-refractivity contribution in [3.05, 3.63) is 59.8 Å². The summed E-state index contributed by atoms with van der Waals surface area (Å²) in [5.41, 5.74) is 4.77. The van der Waals surface area contributed by atoms with Crippen molar-refractivity contribution in [2.24, 2.45) is 0 Å². The maximum absolute atomic E-state index is 12.8. The fourth-order valence-corrected chi connectivity index (χ4v) is 4.46. The number of hydrogen-bond acceptors (Lipinski definition) is 4. The quantitative estimate of drug-likeness (QED) is 0.579. The van der Waals surface area contributed by atoms with Crippen LogP contribution < -0.4 is 5.32 Å². The first kappa shape index (κ1) is 22.0. The molecule has 4 rings (SSSR count). The van der Waals surface area contributed by atoms with Crippen molar-refractivity contribution in [2.75, 3.05) is 13.1 Å². The number of likely N-dealkylation sites (tertiary alicyclic amines) is 1. The van der Waals surface area contributed by atoms with Crippen LogP contribution in [0, 0.1) is 6.92 Å². The summed E-state index contributed by atoms with van der Waals surface area (Å²) in [6.07, 6.45) is 4.68. The average molecular weight is 452 g/mol.